The van der Waals surface area contributed by atoms with Crippen LogP contribution in [0.2, 0.25) is 0 Å². The van der Waals surface area contributed by atoms with E-state index in [-0.39, 0.29) is 28.7 Å². The lowest BCUT2D eigenvalue weighted by atomic mass is 9.92. The van der Waals surface area contributed by atoms with Gasteiger partial charge in [-0.05, 0) is 36.4 Å². The van der Waals surface area contributed by atoms with Crippen molar-refractivity contribution in [2.24, 2.45) is 0 Å². The number of nitrogens with zero attached hydrogens (tertiary/aromatic N) is 5. The number of fused-ring (bicyclic) bond motifs is 1. The summed E-state index contributed by atoms with van der Waals surface area (Å²) in [4.78, 5) is 48.4. The zero-order valence-electron chi connectivity index (χ0n) is 19.3. The molecular weight excluding hydrogens is 448 g/mol. The van der Waals surface area contributed by atoms with Crippen LogP contribution in [0.4, 0.5) is 5.82 Å². The van der Waals surface area contributed by atoms with Crippen molar-refractivity contribution in [3.63, 3.8) is 0 Å². The largest absolute Gasteiger partial charge is 0.467 e. The second kappa shape index (κ2) is 8.32. The van der Waals surface area contributed by atoms with Gasteiger partial charge in [0.05, 0.1) is 29.6 Å². The predicted molar refractivity (Wildman–Crippen MR) is 125 cm³/mol. The van der Waals surface area contributed by atoms with Gasteiger partial charge in [-0.15, -0.1) is 0 Å². The van der Waals surface area contributed by atoms with Crippen molar-refractivity contribution < 1.29 is 18.8 Å². The quantitative estimate of drug-likeness (QED) is 0.442. The van der Waals surface area contributed by atoms with E-state index in [1.54, 1.807) is 36.7 Å². The fourth-order valence-electron chi connectivity index (χ4n) is 3.71. The lowest BCUT2D eigenvalue weighted by Crippen LogP contribution is -2.28. The summed E-state index contributed by atoms with van der Waals surface area (Å²) in [6.07, 6.45) is 4.65. The molecule has 10 heteroatoms. The highest BCUT2D eigenvalue weighted by Gasteiger charge is 2.36. The van der Waals surface area contributed by atoms with Crippen molar-refractivity contribution in [1.82, 2.24) is 24.6 Å². The van der Waals surface area contributed by atoms with E-state index in [2.05, 4.69) is 20.4 Å². The van der Waals surface area contributed by atoms with Gasteiger partial charge in [-0.2, -0.15) is 9.78 Å². The van der Waals surface area contributed by atoms with Gasteiger partial charge in [-0.3, -0.25) is 19.3 Å². The van der Waals surface area contributed by atoms with E-state index in [1.165, 1.54) is 29.1 Å². The van der Waals surface area contributed by atoms with Crippen LogP contribution in [0.5, 0.6) is 0 Å². The van der Waals surface area contributed by atoms with Gasteiger partial charge in [-0.1, -0.05) is 20.8 Å². The van der Waals surface area contributed by atoms with Crippen molar-refractivity contribution in [2.75, 3.05) is 5.32 Å². The number of rotatable bonds is 5. The van der Waals surface area contributed by atoms with Gasteiger partial charge in [0, 0.05) is 29.4 Å². The Morgan fingerprint density at radius 2 is 1.74 bits per heavy atom. The Kier molecular flexibility index (Phi) is 5.28. The van der Waals surface area contributed by atoms with Crippen molar-refractivity contribution in [1.29, 1.82) is 0 Å². The van der Waals surface area contributed by atoms with Crippen molar-refractivity contribution in [2.45, 2.75) is 32.7 Å². The molecule has 0 unspecified atom stereocenters. The van der Waals surface area contributed by atoms with Crippen LogP contribution in [0.3, 0.4) is 0 Å². The zero-order chi connectivity index (χ0) is 24.7. The SMILES string of the molecule is CC(C)(C)c1cc(NC(=O)c2ccc3c(c2)C(=O)N(Cc2ccco2)C3=O)n(-c2ncccn2)n1. The summed E-state index contributed by atoms with van der Waals surface area (Å²) in [7, 11) is 0. The number of benzene rings is 1. The molecule has 5 rings (SSSR count). The number of imide groups is 1. The van der Waals surface area contributed by atoms with E-state index in [0.29, 0.717) is 17.5 Å². The molecule has 3 amide bonds. The van der Waals surface area contributed by atoms with Gasteiger partial charge in [-0.25, -0.2) is 9.97 Å². The lowest BCUT2D eigenvalue weighted by molar-refractivity contribution is 0.0631. The molecule has 10 nitrogen and oxygen atoms in total. The van der Waals surface area contributed by atoms with Crippen molar-refractivity contribution >= 4 is 23.5 Å². The third-order valence-corrected chi connectivity index (χ3v) is 5.59. The van der Waals surface area contributed by atoms with Crippen molar-refractivity contribution in [3.05, 3.63) is 89.3 Å². The second-order valence-corrected chi connectivity index (χ2v) is 9.12. The van der Waals surface area contributed by atoms with Gasteiger partial charge < -0.3 is 9.73 Å². The fraction of sp³-hybridized carbons (Fsp3) is 0.200. The average molecular weight is 470 g/mol. The highest BCUT2D eigenvalue weighted by Crippen LogP contribution is 2.28. The molecule has 1 aliphatic rings. The van der Waals surface area contributed by atoms with Gasteiger partial charge in [0.2, 0.25) is 0 Å². The second-order valence-electron chi connectivity index (χ2n) is 9.12. The van der Waals surface area contributed by atoms with E-state index in [9.17, 15) is 14.4 Å². The maximum atomic E-state index is 13.2. The van der Waals surface area contributed by atoms with Crippen LogP contribution in [0, 0.1) is 0 Å². The summed E-state index contributed by atoms with van der Waals surface area (Å²) in [5, 5.41) is 7.43. The van der Waals surface area contributed by atoms with Crippen molar-refractivity contribution in [3.8, 4) is 5.95 Å². The molecule has 0 aliphatic carbocycles. The van der Waals surface area contributed by atoms with E-state index >= 15 is 0 Å². The van der Waals surface area contributed by atoms with Crippen LogP contribution >= 0.6 is 0 Å². The minimum atomic E-state index is -0.478. The number of furan rings is 1. The van der Waals surface area contributed by atoms with Gasteiger partial charge in [0.25, 0.3) is 23.7 Å². The first-order valence-electron chi connectivity index (χ1n) is 10.9. The smallest absolute Gasteiger partial charge is 0.261 e. The van der Waals surface area contributed by atoms with Gasteiger partial charge >= 0.3 is 0 Å². The summed E-state index contributed by atoms with van der Waals surface area (Å²) in [5.74, 6) is -0.190. The molecule has 3 aromatic heterocycles. The van der Waals surface area contributed by atoms with Crippen LogP contribution in [-0.4, -0.2) is 42.4 Å². The molecule has 4 aromatic rings. The maximum Gasteiger partial charge on any atom is 0.261 e. The Balaban J connectivity index is 1.43. The fourth-order valence-corrected chi connectivity index (χ4v) is 3.71. The molecule has 0 saturated carbocycles. The van der Waals surface area contributed by atoms with Gasteiger partial charge in [0.1, 0.15) is 11.6 Å². The number of aromatic nitrogens is 4. The van der Waals surface area contributed by atoms with Crippen LogP contribution < -0.4 is 5.32 Å². The number of carbonyl (C=O) groups is 3. The Morgan fingerprint density at radius 3 is 2.43 bits per heavy atom. The average Bonchev–Trinajstić information content (AvgIpc) is 3.56. The Labute approximate surface area is 200 Å². The molecular formula is C25H22N6O4. The number of nitrogens with one attached hydrogen (secondary N) is 1. The molecule has 0 radical (unpaired) electrons. The Hall–Kier alpha value is -4.60. The predicted octanol–water partition coefficient (Wildman–Crippen LogP) is 3.60. The lowest BCUT2D eigenvalue weighted by Gasteiger charge is -2.13. The highest BCUT2D eigenvalue weighted by molar-refractivity contribution is 6.22. The van der Waals surface area contributed by atoms with Crippen LogP contribution in [0.25, 0.3) is 5.95 Å². The number of hydrogen-bond donors (Lipinski definition) is 1. The highest BCUT2D eigenvalue weighted by atomic mass is 16.3. The van der Waals surface area contributed by atoms with E-state index in [1.807, 2.05) is 20.8 Å². The maximum absolute atomic E-state index is 13.2. The monoisotopic (exact) mass is 470 g/mol. The van der Waals surface area contributed by atoms with Gasteiger partial charge in [0.15, 0.2) is 0 Å². The topological polar surface area (TPSA) is 123 Å². The molecule has 0 bridgehead atoms. The van der Waals surface area contributed by atoms with Crippen LogP contribution in [-0.2, 0) is 12.0 Å². The molecule has 4 heterocycles. The zero-order valence-corrected chi connectivity index (χ0v) is 19.3. The molecule has 0 atom stereocenters. The molecule has 1 N–H and O–H groups in total. The number of anilines is 1. The van der Waals surface area contributed by atoms with E-state index in [0.717, 1.165) is 10.6 Å². The summed E-state index contributed by atoms with van der Waals surface area (Å²) >= 11 is 0. The Morgan fingerprint density at radius 1 is 1.00 bits per heavy atom. The summed E-state index contributed by atoms with van der Waals surface area (Å²) < 4.78 is 6.73. The molecule has 35 heavy (non-hydrogen) atoms. The summed E-state index contributed by atoms with van der Waals surface area (Å²) in [5.41, 5.74) is 1.10. The number of amides is 3. The first-order valence-corrected chi connectivity index (χ1v) is 10.9. The third kappa shape index (κ3) is 4.10. The summed E-state index contributed by atoms with van der Waals surface area (Å²) in [6, 6.07) is 11.3. The Bertz CT molecular complexity index is 1430. The third-order valence-electron chi connectivity index (χ3n) is 5.59. The molecule has 0 fully saturated rings. The first kappa shape index (κ1) is 22.2. The molecule has 176 valence electrons. The summed E-state index contributed by atoms with van der Waals surface area (Å²) in [6.45, 7) is 6.05. The molecule has 1 aromatic carbocycles. The molecule has 0 saturated heterocycles. The number of carbonyl (C=O) groups excluding carboxylic acids is 3. The minimum Gasteiger partial charge on any atom is -0.467 e. The van der Waals surface area contributed by atoms with Crippen LogP contribution in [0.15, 0.2) is 65.5 Å². The normalized spacial score (nSPS) is 13.3. The molecule has 1 aliphatic heterocycles. The first-order chi connectivity index (χ1) is 16.7. The standard InChI is InChI=1S/C25H22N6O4/c1-25(2,3)19-13-20(31(29-19)24-26-9-5-10-27-24)28-21(32)15-7-8-17-18(12-15)23(34)30(22(17)33)14-16-6-4-11-35-16/h4-13H,14H2,1-3H3,(H,28,32). The molecule has 0 spiro atoms. The van der Waals surface area contributed by atoms with E-state index < -0.39 is 17.7 Å². The van der Waals surface area contributed by atoms with Crippen LogP contribution in [0.1, 0.15) is 63.3 Å². The number of hydrogen-bond acceptors (Lipinski definition) is 7. The minimum absolute atomic E-state index is 0.0206. The van der Waals surface area contributed by atoms with E-state index in [4.69, 9.17) is 4.42 Å².